The molecule has 0 saturated carbocycles. The average molecular weight is 234 g/mol. The number of hydrogen-bond acceptors (Lipinski definition) is 4. The van der Waals surface area contributed by atoms with Crippen molar-refractivity contribution >= 4 is 16.7 Å². The molecule has 1 fully saturated rings. The maximum Gasteiger partial charge on any atom is 0.227 e. The molecule has 0 bridgehead atoms. The van der Waals surface area contributed by atoms with E-state index in [9.17, 15) is 9.00 Å². The van der Waals surface area contributed by atoms with Crippen LogP contribution in [-0.2, 0) is 20.3 Å². The minimum Gasteiger partial charge on any atom is -0.379 e. The lowest BCUT2D eigenvalue weighted by Crippen LogP contribution is -2.43. The van der Waals surface area contributed by atoms with Crippen LogP contribution in [-0.4, -0.2) is 47.4 Å². The molecule has 0 aromatic heterocycles. The summed E-state index contributed by atoms with van der Waals surface area (Å²) in [5, 5.41) is 2.71. The van der Waals surface area contributed by atoms with E-state index < -0.39 is 10.8 Å². The monoisotopic (exact) mass is 234 g/mol. The Labute approximate surface area is 92.2 Å². The van der Waals surface area contributed by atoms with Crippen LogP contribution in [0, 0.1) is 5.92 Å². The van der Waals surface area contributed by atoms with Gasteiger partial charge in [-0.1, -0.05) is 0 Å². The largest absolute Gasteiger partial charge is 0.379 e. The number of rotatable bonds is 4. The van der Waals surface area contributed by atoms with Crippen LogP contribution < -0.4 is 11.1 Å². The van der Waals surface area contributed by atoms with Gasteiger partial charge in [0.15, 0.2) is 0 Å². The fourth-order valence-corrected chi connectivity index (χ4v) is 1.65. The van der Waals surface area contributed by atoms with Gasteiger partial charge in [0, 0.05) is 34.9 Å². The normalized spacial score (nSPS) is 29.8. The molecule has 0 aliphatic carbocycles. The highest BCUT2D eigenvalue weighted by Crippen LogP contribution is 2.11. The number of amides is 1. The highest BCUT2D eigenvalue weighted by atomic mass is 32.2. The Morgan fingerprint density at radius 1 is 1.67 bits per heavy atom. The molecule has 6 heteroatoms. The number of ether oxygens (including phenoxy) is 1. The molecule has 4 unspecified atom stereocenters. The molecule has 1 aliphatic heterocycles. The van der Waals surface area contributed by atoms with E-state index in [0.29, 0.717) is 19.8 Å². The van der Waals surface area contributed by atoms with Gasteiger partial charge in [0.05, 0.1) is 19.1 Å². The molecule has 1 amide bonds. The van der Waals surface area contributed by atoms with Crippen LogP contribution in [0.1, 0.15) is 6.92 Å². The van der Waals surface area contributed by atoms with Gasteiger partial charge in [-0.05, 0) is 6.92 Å². The fourth-order valence-electron chi connectivity index (χ4n) is 1.33. The second kappa shape index (κ2) is 5.58. The van der Waals surface area contributed by atoms with Gasteiger partial charge >= 0.3 is 0 Å². The summed E-state index contributed by atoms with van der Waals surface area (Å²) in [6.45, 7) is 3.08. The van der Waals surface area contributed by atoms with Gasteiger partial charge < -0.3 is 15.8 Å². The minimum absolute atomic E-state index is 0.0347. The van der Waals surface area contributed by atoms with Gasteiger partial charge in [-0.2, -0.15) is 0 Å². The lowest BCUT2D eigenvalue weighted by atomic mass is 10.0. The Kier molecular flexibility index (Phi) is 4.69. The maximum atomic E-state index is 11.6. The first-order chi connectivity index (χ1) is 7.02. The summed E-state index contributed by atoms with van der Waals surface area (Å²) in [6.07, 6.45) is 1.63. The topological polar surface area (TPSA) is 81.4 Å². The van der Waals surface area contributed by atoms with Crippen LogP contribution in [0.3, 0.4) is 0 Å². The zero-order valence-corrected chi connectivity index (χ0v) is 9.88. The predicted molar refractivity (Wildman–Crippen MR) is 58.8 cm³/mol. The van der Waals surface area contributed by atoms with E-state index in [-0.39, 0.29) is 23.1 Å². The molecule has 0 aromatic rings. The number of nitrogens with one attached hydrogen (secondary N) is 1. The first-order valence-electron chi connectivity index (χ1n) is 4.95. The van der Waals surface area contributed by atoms with Crippen molar-refractivity contribution in [3.05, 3.63) is 0 Å². The number of nitrogens with two attached hydrogens (primary N) is 1. The molecule has 0 aromatic carbocycles. The third kappa shape index (κ3) is 3.55. The summed E-state index contributed by atoms with van der Waals surface area (Å²) in [4.78, 5) is 11.6. The smallest absolute Gasteiger partial charge is 0.227 e. The predicted octanol–water partition coefficient (Wildman–Crippen LogP) is -1.16. The first-order valence-corrected chi connectivity index (χ1v) is 6.57. The standard InChI is InChI=1S/C9H18N2O3S/c1-6(15(2)13)3-11-9(12)7-4-14-5-8(7)10/h6-8H,3-5,10H2,1-2H3,(H,11,12). The minimum atomic E-state index is -0.914. The van der Waals surface area contributed by atoms with Crippen molar-refractivity contribution < 1.29 is 13.7 Å². The summed E-state index contributed by atoms with van der Waals surface area (Å²) in [7, 11) is -0.914. The molecule has 88 valence electrons. The molecule has 1 heterocycles. The molecule has 1 saturated heterocycles. The number of hydrogen-bond donors (Lipinski definition) is 2. The van der Waals surface area contributed by atoms with Crippen molar-refractivity contribution in [1.82, 2.24) is 5.32 Å². The second-order valence-corrected chi connectivity index (χ2v) is 5.66. The van der Waals surface area contributed by atoms with Gasteiger partial charge in [0.2, 0.25) is 5.91 Å². The van der Waals surface area contributed by atoms with Crippen molar-refractivity contribution in [2.45, 2.75) is 18.2 Å². The molecule has 1 rings (SSSR count). The second-order valence-electron chi connectivity index (χ2n) is 3.86. The van der Waals surface area contributed by atoms with Gasteiger partial charge in [-0.15, -0.1) is 0 Å². The van der Waals surface area contributed by atoms with Crippen LogP contribution in [0.5, 0.6) is 0 Å². The highest BCUT2D eigenvalue weighted by molar-refractivity contribution is 7.84. The molecule has 15 heavy (non-hydrogen) atoms. The third-order valence-electron chi connectivity index (χ3n) is 2.59. The Morgan fingerprint density at radius 3 is 2.80 bits per heavy atom. The molecule has 0 radical (unpaired) electrons. The Morgan fingerprint density at radius 2 is 2.33 bits per heavy atom. The van der Waals surface area contributed by atoms with E-state index in [0.717, 1.165) is 0 Å². The number of carbonyl (C=O) groups is 1. The number of carbonyl (C=O) groups excluding carboxylic acids is 1. The zero-order valence-electron chi connectivity index (χ0n) is 9.06. The van der Waals surface area contributed by atoms with Gasteiger partial charge in [-0.25, -0.2) is 0 Å². The average Bonchev–Trinajstić information content (AvgIpc) is 2.60. The van der Waals surface area contributed by atoms with Crippen LogP contribution >= 0.6 is 0 Å². The van der Waals surface area contributed by atoms with Crippen LogP contribution in [0.2, 0.25) is 0 Å². The summed E-state index contributed by atoms with van der Waals surface area (Å²) in [6, 6.07) is -0.215. The van der Waals surface area contributed by atoms with Crippen molar-refractivity contribution in [2.24, 2.45) is 11.7 Å². The molecule has 1 aliphatic rings. The molecule has 3 N–H and O–H groups in total. The van der Waals surface area contributed by atoms with E-state index in [1.807, 2.05) is 6.92 Å². The summed E-state index contributed by atoms with van der Waals surface area (Å²) >= 11 is 0. The maximum absolute atomic E-state index is 11.6. The molecular weight excluding hydrogens is 216 g/mol. The molecule has 5 nitrogen and oxygen atoms in total. The van der Waals surface area contributed by atoms with Crippen LogP contribution in [0.25, 0.3) is 0 Å². The van der Waals surface area contributed by atoms with Gasteiger partial charge in [-0.3, -0.25) is 9.00 Å². The van der Waals surface area contributed by atoms with Gasteiger partial charge in [0.1, 0.15) is 0 Å². The van der Waals surface area contributed by atoms with Crippen LogP contribution in [0.4, 0.5) is 0 Å². The quantitative estimate of drug-likeness (QED) is 0.643. The SMILES string of the molecule is CC(CNC(=O)C1COCC1N)S(C)=O. The third-order valence-corrected chi connectivity index (χ3v) is 3.89. The van der Waals surface area contributed by atoms with E-state index >= 15 is 0 Å². The zero-order chi connectivity index (χ0) is 11.4. The lowest BCUT2D eigenvalue weighted by Gasteiger charge is -2.15. The summed E-state index contributed by atoms with van der Waals surface area (Å²) in [5.41, 5.74) is 5.70. The molecule has 0 spiro atoms. The Bertz CT molecular complexity index is 260. The van der Waals surface area contributed by atoms with E-state index in [2.05, 4.69) is 5.32 Å². The van der Waals surface area contributed by atoms with Crippen molar-refractivity contribution in [3.8, 4) is 0 Å². The fraction of sp³-hybridized carbons (Fsp3) is 0.889. The summed E-state index contributed by atoms with van der Waals surface area (Å²) in [5.74, 6) is -0.361. The Hall–Kier alpha value is -0.460. The first kappa shape index (κ1) is 12.6. The summed E-state index contributed by atoms with van der Waals surface area (Å²) < 4.78 is 16.2. The van der Waals surface area contributed by atoms with E-state index in [4.69, 9.17) is 10.5 Å². The van der Waals surface area contributed by atoms with E-state index in [1.54, 1.807) is 6.26 Å². The van der Waals surface area contributed by atoms with Crippen molar-refractivity contribution in [3.63, 3.8) is 0 Å². The van der Waals surface area contributed by atoms with Crippen LogP contribution in [0.15, 0.2) is 0 Å². The molecular formula is C9H18N2O3S. The Balaban J connectivity index is 2.32. The van der Waals surface area contributed by atoms with Crippen molar-refractivity contribution in [2.75, 3.05) is 26.0 Å². The highest BCUT2D eigenvalue weighted by Gasteiger charge is 2.31. The molecule has 4 atom stereocenters. The van der Waals surface area contributed by atoms with Crippen molar-refractivity contribution in [1.29, 1.82) is 0 Å². The lowest BCUT2D eigenvalue weighted by molar-refractivity contribution is -0.125. The van der Waals surface area contributed by atoms with E-state index in [1.165, 1.54) is 0 Å². The van der Waals surface area contributed by atoms with Gasteiger partial charge in [0.25, 0.3) is 0 Å².